The molecule has 7 aromatic carbocycles. The van der Waals surface area contributed by atoms with Gasteiger partial charge in [-0.15, -0.1) is 0 Å². The van der Waals surface area contributed by atoms with E-state index in [1.807, 2.05) is 176 Å². The molecule has 3 aliphatic rings. The van der Waals surface area contributed by atoms with Crippen LogP contribution in [0.25, 0.3) is 0 Å². The van der Waals surface area contributed by atoms with E-state index in [1.54, 1.807) is 7.11 Å². The second kappa shape index (κ2) is 26.9. The zero-order valence-electron chi connectivity index (χ0n) is 43.3. The van der Waals surface area contributed by atoms with E-state index < -0.39 is 67.0 Å². The summed E-state index contributed by atoms with van der Waals surface area (Å²) in [6.45, 7) is 2.20. The number of hydrogen-bond acceptors (Lipinski definition) is 12. The van der Waals surface area contributed by atoms with Gasteiger partial charge < -0.3 is 47.4 Å². The molecule has 0 unspecified atom stereocenters. The molecule has 3 aliphatic heterocycles. The van der Waals surface area contributed by atoms with Gasteiger partial charge in [-0.2, -0.15) is 5.06 Å². The van der Waals surface area contributed by atoms with Crippen LogP contribution in [0, 0.1) is 0 Å². The monoisotopic (exact) mass is 1030 g/mol. The molecule has 7 aromatic rings. The van der Waals surface area contributed by atoms with Crippen molar-refractivity contribution in [3.05, 3.63) is 251 Å². The predicted octanol–water partition coefficient (Wildman–Crippen LogP) is 10.8. The van der Waals surface area contributed by atoms with E-state index in [2.05, 4.69) is 48.5 Å². The van der Waals surface area contributed by atoms with E-state index in [1.165, 1.54) is 0 Å². The van der Waals surface area contributed by atoms with Gasteiger partial charge in [-0.1, -0.05) is 212 Å². The molecule has 3 heterocycles. The Labute approximate surface area is 447 Å². The zero-order chi connectivity index (χ0) is 51.8. The van der Waals surface area contributed by atoms with Crippen molar-refractivity contribution in [1.29, 1.82) is 0 Å². The Balaban J connectivity index is 1.04. The quantitative estimate of drug-likeness (QED) is 0.0576. The number of nitrogens with zero attached hydrogens (tertiary/aromatic N) is 1. The number of ether oxygens (including phenoxy) is 10. The molecular formula is C64H69NO11. The molecule has 396 valence electrons. The Morgan fingerprint density at radius 3 is 1.20 bits per heavy atom. The van der Waals surface area contributed by atoms with Gasteiger partial charge in [-0.3, -0.25) is 4.84 Å². The molecule has 0 saturated carbocycles. The molecule has 0 radical (unpaired) electrons. The van der Waals surface area contributed by atoms with Gasteiger partial charge in [0.15, 0.2) is 6.29 Å². The average molecular weight is 1030 g/mol. The van der Waals surface area contributed by atoms with E-state index in [0.717, 1.165) is 38.9 Å². The van der Waals surface area contributed by atoms with Crippen molar-refractivity contribution in [2.45, 2.75) is 120 Å². The van der Waals surface area contributed by atoms with Crippen LogP contribution in [0.4, 0.5) is 0 Å². The molecule has 0 N–H and O–H groups in total. The Morgan fingerprint density at radius 2 is 0.776 bits per heavy atom. The Bertz CT molecular complexity index is 2730. The Kier molecular flexibility index (Phi) is 18.9. The normalized spacial score (nSPS) is 26.7. The Hall–Kier alpha value is -5.94. The van der Waals surface area contributed by atoms with Crippen LogP contribution in [0.2, 0.25) is 0 Å². The molecule has 12 heteroatoms. The molecule has 12 nitrogen and oxygen atoms in total. The third-order valence-corrected chi connectivity index (χ3v) is 14.3. The standard InChI is InChI=1S/C64H69NO11/c1-65-54(56-58(69-41-49-28-14-5-15-29-49)59(70-42-50-30-16-6-17-31-50)61(63(66-2)74-56)72-44-52-34-20-8-21-35-52)38-64(76-65)62(73-45-53-36-22-9-23-37-53)60(71-43-51-32-18-7-19-33-51)57(68-40-48-26-12-4-13-27-48)55(75-64)46-67-39-47-24-10-3-11-25-47/h3-37,54-63H,38-46H2,1-2H3/t54-,55-,56-,57-,58-,59+,60+,61-,62-,63+,64-/m1/s1. The van der Waals surface area contributed by atoms with Gasteiger partial charge in [0.1, 0.15) is 48.8 Å². The van der Waals surface area contributed by atoms with Gasteiger partial charge in [0.2, 0.25) is 5.79 Å². The van der Waals surface area contributed by atoms with Crippen molar-refractivity contribution in [2.75, 3.05) is 20.8 Å². The van der Waals surface area contributed by atoms with E-state index in [0.29, 0.717) is 26.4 Å². The molecule has 3 fully saturated rings. The Morgan fingerprint density at radius 1 is 0.421 bits per heavy atom. The summed E-state index contributed by atoms with van der Waals surface area (Å²) in [5.41, 5.74) is 7.01. The van der Waals surface area contributed by atoms with E-state index >= 15 is 0 Å². The van der Waals surface area contributed by atoms with Crippen molar-refractivity contribution in [2.24, 2.45) is 0 Å². The van der Waals surface area contributed by atoms with Crippen LogP contribution in [-0.4, -0.2) is 92.8 Å². The largest absolute Gasteiger partial charge is 0.374 e. The SMILES string of the molecule is CO[C@H]1O[C@H]([C@H]2C[C@@]3(O[C@H](COCc4ccccc4)[C@@H](OCc4ccccc4)[C@H](OCc4ccccc4)[C@H]3OCc3ccccc3)ON2C)[C@@H](OCc2ccccc2)[C@H](OCc2ccccc2)[C@H]1OCc1ccccc1. The number of likely N-dealkylation sites (N-methyl/N-ethyl adjacent to an activating group) is 1. The van der Waals surface area contributed by atoms with Gasteiger partial charge in [-0.05, 0) is 38.9 Å². The molecule has 3 saturated heterocycles. The van der Waals surface area contributed by atoms with Crippen molar-refractivity contribution in [3.8, 4) is 0 Å². The highest BCUT2D eigenvalue weighted by Gasteiger charge is 2.65. The van der Waals surface area contributed by atoms with Gasteiger partial charge in [0.25, 0.3) is 0 Å². The lowest BCUT2D eigenvalue weighted by Gasteiger charge is -2.50. The van der Waals surface area contributed by atoms with Crippen molar-refractivity contribution in [3.63, 3.8) is 0 Å². The summed E-state index contributed by atoms with van der Waals surface area (Å²) in [6.07, 6.45) is -6.41. The molecule has 10 rings (SSSR count). The first-order valence-corrected chi connectivity index (χ1v) is 26.3. The number of methoxy groups -OCH3 is 1. The number of hydrogen-bond donors (Lipinski definition) is 0. The second-order valence-corrected chi connectivity index (χ2v) is 19.6. The summed E-state index contributed by atoms with van der Waals surface area (Å²) in [7, 11) is 3.55. The lowest BCUT2D eigenvalue weighted by molar-refractivity contribution is -0.405. The van der Waals surface area contributed by atoms with Crippen LogP contribution >= 0.6 is 0 Å². The molecule has 0 aliphatic carbocycles. The maximum atomic E-state index is 7.50. The predicted molar refractivity (Wildman–Crippen MR) is 287 cm³/mol. The molecule has 0 bridgehead atoms. The third-order valence-electron chi connectivity index (χ3n) is 14.3. The zero-order valence-corrected chi connectivity index (χ0v) is 43.3. The first kappa shape index (κ1) is 53.5. The summed E-state index contributed by atoms with van der Waals surface area (Å²) in [6, 6.07) is 70.3. The lowest BCUT2D eigenvalue weighted by atomic mass is 9.85. The van der Waals surface area contributed by atoms with E-state index in [-0.39, 0.29) is 32.8 Å². The maximum absolute atomic E-state index is 7.50. The van der Waals surface area contributed by atoms with Gasteiger partial charge in [-0.25, -0.2) is 0 Å². The summed E-state index contributed by atoms with van der Waals surface area (Å²) in [5, 5.41) is 1.83. The second-order valence-electron chi connectivity index (χ2n) is 19.6. The molecule has 1 spiro atoms. The summed E-state index contributed by atoms with van der Waals surface area (Å²) in [5.74, 6) is -1.47. The molecule has 0 aromatic heterocycles. The third kappa shape index (κ3) is 13.8. The van der Waals surface area contributed by atoms with Gasteiger partial charge in [0, 0.05) is 20.6 Å². The fourth-order valence-electron chi connectivity index (χ4n) is 10.4. The van der Waals surface area contributed by atoms with Crippen LogP contribution in [0.15, 0.2) is 212 Å². The fraction of sp³-hybridized carbons (Fsp3) is 0.344. The highest BCUT2D eigenvalue weighted by atomic mass is 16.8. The molecule has 76 heavy (non-hydrogen) atoms. The molecule has 0 amide bonds. The average Bonchev–Trinajstić information content (AvgIpc) is 3.95. The van der Waals surface area contributed by atoms with Gasteiger partial charge in [0.05, 0.1) is 58.9 Å². The smallest absolute Gasteiger partial charge is 0.219 e. The summed E-state index contributed by atoms with van der Waals surface area (Å²) < 4.78 is 70.0. The van der Waals surface area contributed by atoms with E-state index in [4.69, 9.17) is 52.2 Å². The fourth-order valence-corrected chi connectivity index (χ4v) is 10.4. The minimum absolute atomic E-state index is 0.161. The van der Waals surface area contributed by atoms with Crippen molar-refractivity contribution >= 4 is 0 Å². The van der Waals surface area contributed by atoms with Crippen LogP contribution in [-0.2, 0) is 98.5 Å². The summed E-state index contributed by atoms with van der Waals surface area (Å²) >= 11 is 0. The molecule has 11 atom stereocenters. The van der Waals surface area contributed by atoms with Crippen molar-refractivity contribution in [1.82, 2.24) is 5.06 Å². The minimum atomic E-state index is -1.47. The maximum Gasteiger partial charge on any atom is 0.219 e. The number of rotatable bonds is 24. The van der Waals surface area contributed by atoms with Crippen molar-refractivity contribution < 1.29 is 52.2 Å². The van der Waals surface area contributed by atoms with Crippen LogP contribution < -0.4 is 0 Å². The topological polar surface area (TPSA) is 105 Å². The first-order valence-electron chi connectivity index (χ1n) is 26.3. The van der Waals surface area contributed by atoms with Crippen LogP contribution in [0.3, 0.4) is 0 Å². The minimum Gasteiger partial charge on any atom is -0.374 e. The first-order chi connectivity index (χ1) is 37.5. The van der Waals surface area contributed by atoms with Crippen LogP contribution in [0.1, 0.15) is 45.4 Å². The summed E-state index contributed by atoms with van der Waals surface area (Å²) in [4.78, 5) is 7.27. The van der Waals surface area contributed by atoms with Gasteiger partial charge >= 0.3 is 0 Å². The number of benzene rings is 7. The number of hydroxylamine groups is 2. The van der Waals surface area contributed by atoms with Crippen LogP contribution in [0.5, 0.6) is 0 Å². The van der Waals surface area contributed by atoms with E-state index in [9.17, 15) is 0 Å². The lowest BCUT2D eigenvalue weighted by Crippen LogP contribution is -2.67. The molecular weight excluding hydrogens is 959 g/mol. The highest BCUT2D eigenvalue weighted by Crippen LogP contribution is 2.48. The highest BCUT2D eigenvalue weighted by molar-refractivity contribution is 5.20.